The number of rotatable bonds is 6. The molecule has 4 heterocycles. The zero-order valence-electron chi connectivity index (χ0n) is 21.1. The van der Waals surface area contributed by atoms with Crippen molar-refractivity contribution in [2.75, 3.05) is 13.2 Å². The van der Waals surface area contributed by atoms with Crippen LogP contribution >= 0.6 is 0 Å². The molecule has 0 amide bonds. The third-order valence-electron chi connectivity index (χ3n) is 7.33. The van der Waals surface area contributed by atoms with Crippen LogP contribution in [0.1, 0.15) is 13.8 Å². The second kappa shape index (κ2) is 12.7. The quantitative estimate of drug-likeness (QED) is 0.141. The summed E-state index contributed by atoms with van der Waals surface area (Å²) >= 11 is 0. The molecule has 18 atom stereocenters. The zero-order valence-corrected chi connectivity index (χ0v) is 21.1. The number of hydrogen-bond donors (Lipinski definition) is 10. The minimum Gasteiger partial charge on any atom is -0.388 e. The summed E-state index contributed by atoms with van der Waals surface area (Å²) in [6, 6.07) is 0. The van der Waals surface area contributed by atoms with Gasteiger partial charge < -0.3 is 84.2 Å². The van der Waals surface area contributed by atoms with Gasteiger partial charge in [-0.25, -0.2) is 0 Å². The van der Waals surface area contributed by atoms with E-state index in [0.29, 0.717) is 0 Å². The fourth-order valence-corrected chi connectivity index (χ4v) is 4.88. The lowest BCUT2D eigenvalue weighted by atomic mass is 9.98. The molecule has 17 nitrogen and oxygen atoms in total. The van der Waals surface area contributed by atoms with E-state index in [-0.39, 0.29) is 6.61 Å². The van der Waals surface area contributed by atoms with Gasteiger partial charge in [0.1, 0.15) is 73.2 Å². The van der Waals surface area contributed by atoms with E-state index in [9.17, 15) is 51.1 Å². The van der Waals surface area contributed by atoms with Crippen LogP contribution in [0.4, 0.5) is 0 Å². The lowest BCUT2D eigenvalue weighted by Gasteiger charge is -2.47. The number of ether oxygens (including phenoxy) is 7. The molecule has 39 heavy (non-hydrogen) atoms. The van der Waals surface area contributed by atoms with Crippen molar-refractivity contribution in [3.05, 3.63) is 0 Å². The normalized spacial score (nSPS) is 55.4. The summed E-state index contributed by atoms with van der Waals surface area (Å²) in [7, 11) is 0. The van der Waals surface area contributed by atoms with Gasteiger partial charge in [-0.15, -0.1) is 0 Å². The van der Waals surface area contributed by atoms with Crippen LogP contribution in [-0.4, -0.2) is 175 Å². The largest absolute Gasteiger partial charge is 0.388 e. The van der Waals surface area contributed by atoms with E-state index in [0.717, 1.165) is 0 Å². The maximum Gasteiger partial charge on any atom is 0.187 e. The molecule has 0 unspecified atom stereocenters. The van der Waals surface area contributed by atoms with Crippen molar-refractivity contribution in [3.8, 4) is 0 Å². The lowest BCUT2D eigenvalue weighted by molar-refractivity contribution is -0.376. The van der Waals surface area contributed by atoms with E-state index in [4.69, 9.17) is 33.2 Å². The van der Waals surface area contributed by atoms with Gasteiger partial charge in [-0.3, -0.25) is 0 Å². The van der Waals surface area contributed by atoms with Crippen LogP contribution in [0.25, 0.3) is 0 Å². The highest BCUT2D eigenvalue weighted by Crippen LogP contribution is 2.32. The van der Waals surface area contributed by atoms with Gasteiger partial charge in [0.2, 0.25) is 0 Å². The predicted molar refractivity (Wildman–Crippen MR) is 119 cm³/mol. The number of aliphatic hydroxyl groups excluding tert-OH is 10. The Labute approximate surface area is 222 Å². The van der Waals surface area contributed by atoms with Crippen LogP contribution < -0.4 is 0 Å². The first-order chi connectivity index (χ1) is 18.3. The molecule has 4 saturated heterocycles. The van der Waals surface area contributed by atoms with E-state index in [1.165, 1.54) is 13.8 Å². The first-order valence-electron chi connectivity index (χ1n) is 12.6. The summed E-state index contributed by atoms with van der Waals surface area (Å²) in [5.41, 5.74) is 0. The molecule has 4 rings (SSSR count). The number of hydrogen-bond acceptors (Lipinski definition) is 17. The lowest BCUT2D eigenvalue weighted by Crippen LogP contribution is -2.65. The summed E-state index contributed by atoms with van der Waals surface area (Å²) in [6.45, 7) is 2.11. The first kappa shape index (κ1) is 31.3. The third-order valence-corrected chi connectivity index (χ3v) is 7.33. The van der Waals surface area contributed by atoms with Gasteiger partial charge in [-0.2, -0.15) is 0 Å². The average molecular weight is 575 g/mol. The van der Waals surface area contributed by atoms with Crippen molar-refractivity contribution in [1.82, 2.24) is 0 Å². The Morgan fingerprint density at radius 1 is 0.462 bits per heavy atom. The van der Waals surface area contributed by atoms with Gasteiger partial charge in [-0.1, -0.05) is 0 Å². The summed E-state index contributed by atoms with van der Waals surface area (Å²) in [5, 5.41) is 102. The fourth-order valence-electron chi connectivity index (χ4n) is 4.88. The Morgan fingerprint density at radius 2 is 1.00 bits per heavy atom. The Balaban J connectivity index is 1.38. The maximum absolute atomic E-state index is 10.8. The van der Waals surface area contributed by atoms with Crippen molar-refractivity contribution in [2.24, 2.45) is 0 Å². The molecular formula is C22H38O17. The van der Waals surface area contributed by atoms with E-state index in [1.807, 2.05) is 0 Å². The van der Waals surface area contributed by atoms with E-state index in [2.05, 4.69) is 0 Å². The Hall–Kier alpha value is -0.680. The molecule has 4 aliphatic rings. The van der Waals surface area contributed by atoms with E-state index >= 15 is 0 Å². The summed E-state index contributed by atoms with van der Waals surface area (Å²) in [4.78, 5) is 0. The van der Waals surface area contributed by atoms with Gasteiger partial charge in [0.25, 0.3) is 0 Å². The molecule has 0 aromatic carbocycles. The highest BCUT2D eigenvalue weighted by Gasteiger charge is 2.52. The molecule has 228 valence electrons. The molecule has 0 saturated carbocycles. The third kappa shape index (κ3) is 6.40. The van der Waals surface area contributed by atoms with Crippen molar-refractivity contribution in [3.63, 3.8) is 0 Å². The zero-order chi connectivity index (χ0) is 28.8. The molecular weight excluding hydrogens is 536 g/mol. The SMILES string of the molecule is C[C@@H]1O[C@@H](O[C@H]2[C@@H](O)[C@H](O[C@@H]3[C@@H](O)[C@@H](O)[C@H](O[C@@H]4[C@@H](O)[C@H](O)CO[C@H]4O)O[C@H]3C)OC[C@H]2O)[C@H](O)[C@H](O)[C@H]1O. The summed E-state index contributed by atoms with van der Waals surface area (Å²) < 4.78 is 37.8. The average Bonchev–Trinajstić information content (AvgIpc) is 2.90. The van der Waals surface area contributed by atoms with Crippen molar-refractivity contribution in [2.45, 2.75) is 124 Å². The molecule has 0 aromatic rings. The molecule has 4 fully saturated rings. The molecule has 17 heteroatoms. The fraction of sp³-hybridized carbons (Fsp3) is 1.00. The Morgan fingerprint density at radius 3 is 1.67 bits per heavy atom. The van der Waals surface area contributed by atoms with Gasteiger partial charge >= 0.3 is 0 Å². The smallest absolute Gasteiger partial charge is 0.187 e. The van der Waals surface area contributed by atoms with Crippen LogP contribution in [0.3, 0.4) is 0 Å². The van der Waals surface area contributed by atoms with Crippen LogP contribution in [0.5, 0.6) is 0 Å². The molecule has 0 bridgehead atoms. The molecule has 0 spiro atoms. The van der Waals surface area contributed by atoms with E-state index in [1.54, 1.807) is 0 Å². The van der Waals surface area contributed by atoms with Gasteiger partial charge in [0.15, 0.2) is 25.2 Å². The molecule has 0 radical (unpaired) electrons. The first-order valence-corrected chi connectivity index (χ1v) is 12.6. The minimum absolute atomic E-state index is 0.346. The highest BCUT2D eigenvalue weighted by atomic mass is 16.8. The van der Waals surface area contributed by atoms with Crippen LogP contribution in [0.2, 0.25) is 0 Å². The predicted octanol–water partition coefficient (Wildman–Crippen LogP) is -6.42. The second-order valence-corrected chi connectivity index (χ2v) is 10.2. The van der Waals surface area contributed by atoms with Crippen LogP contribution in [-0.2, 0) is 33.2 Å². The van der Waals surface area contributed by atoms with Crippen molar-refractivity contribution >= 4 is 0 Å². The minimum atomic E-state index is -1.79. The summed E-state index contributed by atoms with van der Waals surface area (Å²) in [5.74, 6) is 0. The molecule has 0 aromatic heterocycles. The molecule has 4 aliphatic heterocycles. The molecule has 0 aliphatic carbocycles. The topological polar surface area (TPSA) is 267 Å². The molecule has 10 N–H and O–H groups in total. The van der Waals surface area contributed by atoms with Gasteiger partial charge in [0.05, 0.1) is 25.4 Å². The van der Waals surface area contributed by atoms with Crippen LogP contribution in [0.15, 0.2) is 0 Å². The van der Waals surface area contributed by atoms with Gasteiger partial charge in [0, 0.05) is 0 Å². The standard InChI is InChI=1S/C22H38O17/c1-5-9(25)11(27)13(29)21(35-5)38-17-8(24)4-34-20(15(17)31)37-16-6(2)36-22(14(30)12(16)28)39-18-10(26)7(23)3-33-19(18)32/h5-32H,3-4H2,1-2H3/t5-,6-,7+,8+,9-,10-,11+,12-,13+,14+,15+,16-,17+,18+,19+,20-,21-,22-/m0/s1. The van der Waals surface area contributed by atoms with E-state index < -0.39 is 117 Å². The Bertz CT molecular complexity index is 792. The van der Waals surface area contributed by atoms with Crippen molar-refractivity contribution < 1.29 is 84.2 Å². The Kier molecular flexibility index (Phi) is 10.2. The maximum atomic E-state index is 10.8. The van der Waals surface area contributed by atoms with Crippen molar-refractivity contribution in [1.29, 1.82) is 0 Å². The van der Waals surface area contributed by atoms with Gasteiger partial charge in [-0.05, 0) is 13.8 Å². The summed E-state index contributed by atoms with van der Waals surface area (Å²) in [6.07, 6.45) is -26.8. The van der Waals surface area contributed by atoms with Crippen LogP contribution in [0, 0.1) is 0 Å². The monoisotopic (exact) mass is 574 g/mol. The highest BCUT2D eigenvalue weighted by molar-refractivity contribution is 4.94. The second-order valence-electron chi connectivity index (χ2n) is 10.2. The number of aliphatic hydroxyl groups is 10.